The first-order valence-corrected chi connectivity index (χ1v) is 6.23. The maximum atomic E-state index is 11.9. The number of rotatable bonds is 4. The fourth-order valence-corrected chi connectivity index (χ4v) is 2.21. The number of hydrogen-bond donors (Lipinski definition) is 1. The molecule has 1 unspecified atom stereocenters. The first kappa shape index (κ1) is 13.4. The largest absolute Gasteiger partial charge is 0.464 e. The van der Waals surface area contributed by atoms with Gasteiger partial charge in [-0.15, -0.1) is 0 Å². The standard InChI is InChI=1S/C14H17NO4/c1-18-13(17)15-14(9-10-19-12(14)16)8-7-11-5-3-2-4-6-11/h2-6H,7-10H2,1H3,(H,15,17). The Balaban J connectivity index is 2.06. The molecule has 19 heavy (non-hydrogen) atoms. The normalized spacial score (nSPS) is 21.8. The molecule has 5 nitrogen and oxygen atoms in total. The van der Waals surface area contributed by atoms with Gasteiger partial charge in [0.1, 0.15) is 5.54 Å². The number of alkyl carbamates (subject to hydrolysis) is 1. The molecule has 0 spiro atoms. The van der Waals surface area contributed by atoms with Crippen LogP contribution < -0.4 is 5.32 Å². The quantitative estimate of drug-likeness (QED) is 0.839. The van der Waals surface area contributed by atoms with E-state index >= 15 is 0 Å². The zero-order valence-electron chi connectivity index (χ0n) is 10.8. The van der Waals surface area contributed by atoms with Gasteiger partial charge < -0.3 is 14.8 Å². The van der Waals surface area contributed by atoms with Gasteiger partial charge in [-0.1, -0.05) is 30.3 Å². The minimum Gasteiger partial charge on any atom is -0.464 e. The molecule has 102 valence electrons. The zero-order chi connectivity index (χ0) is 13.7. The van der Waals surface area contributed by atoms with Crippen molar-refractivity contribution in [3.05, 3.63) is 35.9 Å². The van der Waals surface area contributed by atoms with E-state index in [9.17, 15) is 9.59 Å². The van der Waals surface area contributed by atoms with E-state index in [0.29, 0.717) is 25.9 Å². The fraction of sp³-hybridized carbons (Fsp3) is 0.429. The summed E-state index contributed by atoms with van der Waals surface area (Å²) >= 11 is 0. The van der Waals surface area contributed by atoms with Gasteiger partial charge in [-0.2, -0.15) is 0 Å². The Bertz CT molecular complexity index is 460. The molecule has 1 saturated heterocycles. The molecule has 0 aliphatic carbocycles. The Labute approximate surface area is 111 Å². The lowest BCUT2D eigenvalue weighted by Crippen LogP contribution is -2.52. The van der Waals surface area contributed by atoms with E-state index in [0.717, 1.165) is 5.56 Å². The number of benzene rings is 1. The molecule has 1 fully saturated rings. The number of methoxy groups -OCH3 is 1. The average molecular weight is 263 g/mol. The molecular formula is C14H17NO4. The lowest BCUT2D eigenvalue weighted by Gasteiger charge is -2.25. The van der Waals surface area contributed by atoms with E-state index in [2.05, 4.69) is 10.1 Å². The first-order chi connectivity index (χ1) is 9.16. The summed E-state index contributed by atoms with van der Waals surface area (Å²) < 4.78 is 9.57. The number of aryl methyl sites for hydroxylation is 1. The number of nitrogens with one attached hydrogen (secondary N) is 1. The van der Waals surface area contributed by atoms with Crippen LogP contribution >= 0.6 is 0 Å². The lowest BCUT2D eigenvalue weighted by molar-refractivity contribution is -0.143. The summed E-state index contributed by atoms with van der Waals surface area (Å²) in [7, 11) is 1.28. The maximum absolute atomic E-state index is 11.9. The maximum Gasteiger partial charge on any atom is 0.407 e. The number of carbonyl (C=O) groups excluding carboxylic acids is 2. The molecule has 5 heteroatoms. The molecule has 1 aromatic carbocycles. The molecule has 2 rings (SSSR count). The van der Waals surface area contributed by atoms with Crippen LogP contribution in [0.1, 0.15) is 18.4 Å². The topological polar surface area (TPSA) is 64.6 Å². The highest BCUT2D eigenvalue weighted by atomic mass is 16.6. The Morgan fingerprint density at radius 3 is 2.74 bits per heavy atom. The number of cyclic esters (lactones) is 1. The number of hydrogen-bond acceptors (Lipinski definition) is 4. The third kappa shape index (κ3) is 3.05. The molecule has 1 amide bonds. The van der Waals surface area contributed by atoms with E-state index in [1.807, 2.05) is 30.3 Å². The van der Waals surface area contributed by atoms with Gasteiger partial charge in [-0.3, -0.25) is 0 Å². The predicted octanol–water partition coefficient (Wildman–Crippen LogP) is 1.66. The zero-order valence-corrected chi connectivity index (χ0v) is 10.8. The fourth-order valence-electron chi connectivity index (χ4n) is 2.21. The van der Waals surface area contributed by atoms with E-state index < -0.39 is 11.6 Å². The van der Waals surface area contributed by atoms with Crippen molar-refractivity contribution in [2.75, 3.05) is 13.7 Å². The summed E-state index contributed by atoms with van der Waals surface area (Å²) in [6.07, 6.45) is 1.07. The number of amides is 1. The Kier molecular flexibility index (Phi) is 4.04. The van der Waals surface area contributed by atoms with Gasteiger partial charge in [-0.05, 0) is 18.4 Å². The number of esters is 1. The summed E-state index contributed by atoms with van der Waals surface area (Å²) in [5.41, 5.74) is 0.163. The van der Waals surface area contributed by atoms with E-state index in [4.69, 9.17) is 4.74 Å². The van der Waals surface area contributed by atoms with Crippen LogP contribution in [0.5, 0.6) is 0 Å². The van der Waals surface area contributed by atoms with Crippen LogP contribution in [0.3, 0.4) is 0 Å². The molecule has 1 aromatic rings. The summed E-state index contributed by atoms with van der Waals surface area (Å²) in [5, 5.41) is 2.63. The summed E-state index contributed by atoms with van der Waals surface area (Å²) in [6, 6.07) is 9.82. The van der Waals surface area contributed by atoms with Crippen molar-refractivity contribution in [3.8, 4) is 0 Å². The second-order valence-electron chi connectivity index (χ2n) is 4.57. The van der Waals surface area contributed by atoms with Gasteiger partial charge in [0.25, 0.3) is 0 Å². The van der Waals surface area contributed by atoms with Gasteiger partial charge in [-0.25, -0.2) is 9.59 Å². The Morgan fingerprint density at radius 1 is 1.42 bits per heavy atom. The third-order valence-corrected chi connectivity index (χ3v) is 3.36. The second-order valence-corrected chi connectivity index (χ2v) is 4.57. The minimum atomic E-state index is -0.955. The smallest absolute Gasteiger partial charge is 0.407 e. The number of ether oxygens (including phenoxy) is 2. The molecule has 1 heterocycles. The van der Waals surface area contributed by atoms with Crippen LogP contribution in [0, 0.1) is 0 Å². The van der Waals surface area contributed by atoms with Crippen LogP contribution in [0.4, 0.5) is 4.79 Å². The minimum absolute atomic E-state index is 0.331. The van der Waals surface area contributed by atoms with Crippen molar-refractivity contribution in [2.24, 2.45) is 0 Å². The molecule has 1 N–H and O–H groups in total. The van der Waals surface area contributed by atoms with Crippen LogP contribution in [-0.2, 0) is 20.7 Å². The summed E-state index contributed by atoms with van der Waals surface area (Å²) in [6.45, 7) is 0.331. The molecule has 0 saturated carbocycles. The molecule has 0 aromatic heterocycles. The monoisotopic (exact) mass is 263 g/mol. The van der Waals surface area contributed by atoms with Crippen molar-refractivity contribution >= 4 is 12.1 Å². The molecule has 1 aliphatic heterocycles. The SMILES string of the molecule is COC(=O)NC1(CCc2ccccc2)CCOC1=O. The van der Waals surface area contributed by atoms with Crippen LogP contribution in [0.2, 0.25) is 0 Å². The van der Waals surface area contributed by atoms with E-state index in [1.165, 1.54) is 7.11 Å². The van der Waals surface area contributed by atoms with Gasteiger partial charge in [0.2, 0.25) is 0 Å². The van der Waals surface area contributed by atoms with Gasteiger partial charge in [0.15, 0.2) is 0 Å². The average Bonchev–Trinajstić information content (AvgIpc) is 2.79. The molecule has 1 atom stereocenters. The highest BCUT2D eigenvalue weighted by Gasteiger charge is 2.45. The van der Waals surface area contributed by atoms with Crippen LogP contribution in [0.25, 0.3) is 0 Å². The summed E-state index contributed by atoms with van der Waals surface area (Å²) in [4.78, 5) is 23.3. The van der Waals surface area contributed by atoms with E-state index in [-0.39, 0.29) is 5.97 Å². The molecular weight excluding hydrogens is 246 g/mol. The molecule has 0 radical (unpaired) electrons. The predicted molar refractivity (Wildman–Crippen MR) is 68.6 cm³/mol. The van der Waals surface area contributed by atoms with Crippen molar-refractivity contribution in [1.29, 1.82) is 0 Å². The third-order valence-electron chi connectivity index (χ3n) is 3.36. The Morgan fingerprint density at radius 2 is 2.16 bits per heavy atom. The van der Waals surface area contributed by atoms with Crippen LogP contribution in [0.15, 0.2) is 30.3 Å². The number of carbonyl (C=O) groups is 2. The van der Waals surface area contributed by atoms with Crippen molar-refractivity contribution in [3.63, 3.8) is 0 Å². The second kappa shape index (κ2) is 5.73. The van der Waals surface area contributed by atoms with Gasteiger partial charge in [0.05, 0.1) is 13.7 Å². The van der Waals surface area contributed by atoms with Crippen molar-refractivity contribution < 1.29 is 19.1 Å². The highest BCUT2D eigenvalue weighted by molar-refractivity contribution is 5.87. The van der Waals surface area contributed by atoms with Gasteiger partial charge >= 0.3 is 12.1 Å². The molecule has 1 aliphatic rings. The molecule has 0 bridgehead atoms. The van der Waals surface area contributed by atoms with Gasteiger partial charge in [0, 0.05) is 6.42 Å². The lowest BCUT2D eigenvalue weighted by atomic mass is 9.90. The highest BCUT2D eigenvalue weighted by Crippen LogP contribution is 2.26. The van der Waals surface area contributed by atoms with Crippen molar-refractivity contribution in [1.82, 2.24) is 5.32 Å². The first-order valence-electron chi connectivity index (χ1n) is 6.23. The summed E-state index contributed by atoms with van der Waals surface area (Å²) in [5.74, 6) is -0.381. The van der Waals surface area contributed by atoms with Crippen LogP contribution in [-0.4, -0.2) is 31.3 Å². The Hall–Kier alpha value is -2.04. The van der Waals surface area contributed by atoms with E-state index in [1.54, 1.807) is 0 Å². The van der Waals surface area contributed by atoms with Crippen molar-refractivity contribution in [2.45, 2.75) is 24.8 Å².